The van der Waals surface area contributed by atoms with Gasteiger partial charge in [0.2, 0.25) is 5.75 Å². The van der Waals surface area contributed by atoms with Crippen LogP contribution in [0.2, 0.25) is 0 Å². The normalized spacial score (nSPS) is 13.9. The van der Waals surface area contributed by atoms with Crippen molar-refractivity contribution in [3.8, 4) is 16.9 Å². The van der Waals surface area contributed by atoms with Crippen LogP contribution in [0.5, 0.6) is 5.75 Å². The Morgan fingerprint density at radius 2 is 1.81 bits per heavy atom. The quantitative estimate of drug-likeness (QED) is 0.244. The predicted octanol–water partition coefficient (Wildman–Crippen LogP) is 6.09. The molecule has 1 aliphatic rings. The smallest absolute Gasteiger partial charge is 0.311 e. The third kappa shape index (κ3) is 4.90. The minimum absolute atomic E-state index is 0.0616. The molecule has 0 atom stereocenters. The highest BCUT2D eigenvalue weighted by Gasteiger charge is 2.25. The van der Waals surface area contributed by atoms with E-state index in [4.69, 9.17) is 9.47 Å². The fraction of sp³-hybridized carbons (Fsp3) is 0.346. The summed E-state index contributed by atoms with van der Waals surface area (Å²) in [5.74, 6) is 0.388. The lowest BCUT2D eigenvalue weighted by Crippen LogP contribution is -2.10. The number of aryl methyl sites for hydroxylation is 1. The number of nitro benzene ring substituents is 1. The Kier molecular flexibility index (Phi) is 6.69. The van der Waals surface area contributed by atoms with E-state index in [9.17, 15) is 14.9 Å². The molecule has 0 heterocycles. The van der Waals surface area contributed by atoms with Gasteiger partial charge in [-0.1, -0.05) is 49.2 Å². The Morgan fingerprint density at radius 3 is 2.53 bits per heavy atom. The van der Waals surface area contributed by atoms with Crippen LogP contribution in [0.25, 0.3) is 21.9 Å². The summed E-state index contributed by atoms with van der Waals surface area (Å²) in [6.07, 6.45) is 5.07. The van der Waals surface area contributed by atoms with E-state index in [0.717, 1.165) is 29.2 Å². The highest BCUT2D eigenvalue weighted by molar-refractivity contribution is 5.89. The second-order valence-electron chi connectivity index (χ2n) is 8.35. The maximum Gasteiger partial charge on any atom is 0.311 e. The van der Waals surface area contributed by atoms with Crippen molar-refractivity contribution in [3.05, 3.63) is 70.3 Å². The first-order valence-corrected chi connectivity index (χ1v) is 11.0. The number of hydrogen-bond donors (Lipinski definition) is 0. The molecule has 6 heteroatoms. The molecule has 6 nitrogen and oxygen atoms in total. The fourth-order valence-electron chi connectivity index (χ4n) is 4.40. The zero-order chi connectivity index (χ0) is 22.5. The Balaban J connectivity index is 1.78. The number of methoxy groups -OCH3 is 1. The molecule has 1 aliphatic carbocycles. The van der Waals surface area contributed by atoms with Crippen LogP contribution in [0.3, 0.4) is 0 Å². The van der Waals surface area contributed by atoms with Crippen molar-refractivity contribution in [2.45, 2.75) is 38.5 Å². The van der Waals surface area contributed by atoms with E-state index in [1.807, 2.05) is 48.5 Å². The maximum atomic E-state index is 12.0. The number of fused-ring (bicyclic) bond motifs is 1. The van der Waals surface area contributed by atoms with E-state index in [-0.39, 0.29) is 18.1 Å². The standard InChI is InChI=1S/C26H27NO5/c1-31-25(28)13-10-19-14-23(22-12-11-20-8-4-5-9-21(20)16-22)26(24(15-19)27(29)30)32-17-18-6-2-3-7-18/h4-5,8-9,11-12,14-16,18H,2-3,6-7,10,13,17H2,1H3. The molecule has 0 saturated heterocycles. The first-order chi connectivity index (χ1) is 15.5. The van der Waals surface area contributed by atoms with Crippen LogP contribution >= 0.6 is 0 Å². The first kappa shape index (κ1) is 21.8. The number of rotatable bonds is 8. The third-order valence-electron chi connectivity index (χ3n) is 6.17. The summed E-state index contributed by atoms with van der Waals surface area (Å²) in [5.41, 5.74) is 2.18. The molecule has 166 valence electrons. The number of ether oxygens (including phenoxy) is 2. The van der Waals surface area contributed by atoms with Gasteiger partial charge in [-0.3, -0.25) is 14.9 Å². The molecule has 0 amide bonds. The van der Waals surface area contributed by atoms with E-state index in [0.29, 0.717) is 35.8 Å². The molecular weight excluding hydrogens is 406 g/mol. The van der Waals surface area contributed by atoms with E-state index >= 15 is 0 Å². The predicted molar refractivity (Wildman–Crippen MR) is 124 cm³/mol. The molecule has 0 unspecified atom stereocenters. The van der Waals surface area contributed by atoms with Crippen molar-refractivity contribution >= 4 is 22.4 Å². The molecule has 0 bridgehead atoms. The average Bonchev–Trinajstić information content (AvgIpc) is 3.34. The molecule has 0 N–H and O–H groups in total. The lowest BCUT2D eigenvalue weighted by Gasteiger charge is -2.17. The summed E-state index contributed by atoms with van der Waals surface area (Å²) in [6.45, 7) is 0.475. The summed E-state index contributed by atoms with van der Waals surface area (Å²) < 4.78 is 10.9. The molecule has 3 aromatic rings. The summed E-state index contributed by atoms with van der Waals surface area (Å²) in [4.78, 5) is 23.2. The fourth-order valence-corrected chi connectivity index (χ4v) is 4.40. The van der Waals surface area contributed by atoms with Gasteiger partial charge in [-0.05, 0) is 59.2 Å². The Bertz CT molecular complexity index is 1130. The molecule has 3 aromatic carbocycles. The van der Waals surface area contributed by atoms with Gasteiger partial charge < -0.3 is 9.47 Å². The van der Waals surface area contributed by atoms with Crippen molar-refractivity contribution in [1.82, 2.24) is 0 Å². The lowest BCUT2D eigenvalue weighted by atomic mass is 9.96. The number of nitrogens with zero attached hydrogens (tertiary/aromatic N) is 1. The van der Waals surface area contributed by atoms with E-state index in [1.165, 1.54) is 26.0 Å². The zero-order valence-corrected chi connectivity index (χ0v) is 18.2. The van der Waals surface area contributed by atoms with Gasteiger partial charge in [-0.25, -0.2) is 0 Å². The Labute approximate surface area is 187 Å². The SMILES string of the molecule is COC(=O)CCc1cc(-c2ccc3ccccc3c2)c(OCC2CCCC2)c([N+](=O)[O-])c1. The zero-order valence-electron chi connectivity index (χ0n) is 18.2. The van der Waals surface area contributed by atoms with Gasteiger partial charge in [-0.2, -0.15) is 0 Å². The van der Waals surface area contributed by atoms with Gasteiger partial charge in [0, 0.05) is 18.1 Å². The van der Waals surface area contributed by atoms with Crippen LogP contribution in [-0.4, -0.2) is 24.6 Å². The third-order valence-corrected chi connectivity index (χ3v) is 6.17. The maximum absolute atomic E-state index is 12.0. The molecule has 1 saturated carbocycles. The number of nitro groups is 1. The van der Waals surface area contributed by atoms with E-state index < -0.39 is 4.92 Å². The molecule has 0 radical (unpaired) electrons. The van der Waals surface area contributed by atoms with Crippen LogP contribution in [0.4, 0.5) is 5.69 Å². The van der Waals surface area contributed by atoms with E-state index in [1.54, 1.807) is 0 Å². The van der Waals surface area contributed by atoms with Crippen LogP contribution in [0, 0.1) is 16.0 Å². The summed E-state index contributed by atoms with van der Waals surface area (Å²) >= 11 is 0. The Hall–Kier alpha value is -3.41. The van der Waals surface area contributed by atoms with E-state index in [2.05, 4.69) is 0 Å². The summed E-state index contributed by atoms with van der Waals surface area (Å²) in [7, 11) is 1.34. The highest BCUT2D eigenvalue weighted by Crippen LogP contribution is 2.41. The monoisotopic (exact) mass is 433 g/mol. The van der Waals surface area contributed by atoms with Gasteiger partial charge in [-0.15, -0.1) is 0 Å². The number of carbonyl (C=O) groups excluding carboxylic acids is 1. The van der Waals surface area contributed by atoms with Crippen LogP contribution in [-0.2, 0) is 16.0 Å². The van der Waals surface area contributed by atoms with Gasteiger partial charge in [0.05, 0.1) is 18.6 Å². The first-order valence-electron chi connectivity index (χ1n) is 11.0. The highest BCUT2D eigenvalue weighted by atomic mass is 16.6. The van der Waals surface area contributed by atoms with Gasteiger partial charge >= 0.3 is 11.7 Å². The number of esters is 1. The van der Waals surface area contributed by atoms with Crippen LogP contribution in [0.15, 0.2) is 54.6 Å². The van der Waals surface area contributed by atoms with Crippen molar-refractivity contribution < 1.29 is 19.2 Å². The van der Waals surface area contributed by atoms with Crippen LogP contribution in [0.1, 0.15) is 37.7 Å². The number of benzene rings is 3. The van der Waals surface area contributed by atoms with Gasteiger partial charge in [0.1, 0.15) is 0 Å². The van der Waals surface area contributed by atoms with Crippen molar-refractivity contribution in [2.24, 2.45) is 5.92 Å². The number of hydrogen-bond acceptors (Lipinski definition) is 5. The second kappa shape index (κ2) is 9.81. The molecule has 1 fully saturated rings. The van der Waals surface area contributed by atoms with Gasteiger partial charge in [0.15, 0.2) is 0 Å². The summed E-state index contributed by atoms with van der Waals surface area (Å²) in [6, 6.07) is 17.4. The molecule has 4 rings (SSSR count). The molecule has 0 spiro atoms. The van der Waals surface area contributed by atoms with Crippen molar-refractivity contribution in [2.75, 3.05) is 13.7 Å². The molecule has 0 aromatic heterocycles. The number of carbonyl (C=O) groups is 1. The molecular formula is C26H27NO5. The minimum Gasteiger partial charge on any atom is -0.486 e. The average molecular weight is 434 g/mol. The second-order valence-corrected chi connectivity index (χ2v) is 8.35. The topological polar surface area (TPSA) is 78.7 Å². The van der Waals surface area contributed by atoms with Crippen molar-refractivity contribution in [3.63, 3.8) is 0 Å². The lowest BCUT2D eigenvalue weighted by molar-refractivity contribution is -0.385. The minimum atomic E-state index is -0.393. The summed E-state index contributed by atoms with van der Waals surface area (Å²) in [5, 5.41) is 14.1. The van der Waals surface area contributed by atoms with Crippen LogP contribution < -0.4 is 4.74 Å². The molecule has 32 heavy (non-hydrogen) atoms. The molecule has 0 aliphatic heterocycles. The Morgan fingerprint density at radius 1 is 1.06 bits per heavy atom. The largest absolute Gasteiger partial charge is 0.486 e. The van der Waals surface area contributed by atoms with Crippen molar-refractivity contribution in [1.29, 1.82) is 0 Å². The van der Waals surface area contributed by atoms with Gasteiger partial charge in [0.25, 0.3) is 0 Å².